The fourth-order valence-corrected chi connectivity index (χ4v) is 3.44. The summed E-state index contributed by atoms with van der Waals surface area (Å²) in [6.45, 7) is 2.06. The summed E-state index contributed by atoms with van der Waals surface area (Å²) in [6.07, 6.45) is 0. The molecule has 0 aliphatic carbocycles. The highest BCUT2D eigenvalue weighted by atomic mass is 32.2. The molecule has 0 unspecified atom stereocenters. The molecule has 23 heavy (non-hydrogen) atoms. The first-order chi connectivity index (χ1) is 11.2. The van der Waals surface area contributed by atoms with Gasteiger partial charge in [-0.3, -0.25) is 0 Å². The van der Waals surface area contributed by atoms with E-state index in [2.05, 4.69) is 17.1 Å². The van der Waals surface area contributed by atoms with E-state index in [0.29, 0.717) is 5.82 Å². The molecule has 4 rings (SSSR count). The Morgan fingerprint density at radius 3 is 2.43 bits per heavy atom. The van der Waals surface area contributed by atoms with Crippen LogP contribution in [-0.4, -0.2) is 25.8 Å². The highest BCUT2D eigenvalue weighted by molar-refractivity contribution is 8.00. The Kier molecular flexibility index (Phi) is 3.46. The number of hydrogen-bond donors (Lipinski definition) is 0. The Bertz CT molecular complexity index is 871. The third kappa shape index (κ3) is 2.55. The smallest absolute Gasteiger partial charge is 0.207 e. The van der Waals surface area contributed by atoms with Gasteiger partial charge in [0.2, 0.25) is 5.16 Å². The molecule has 0 fully saturated rings. The van der Waals surface area contributed by atoms with Gasteiger partial charge in [-0.2, -0.15) is 9.78 Å². The lowest BCUT2D eigenvalue weighted by Crippen LogP contribution is -2.21. The second kappa shape index (κ2) is 5.62. The maximum Gasteiger partial charge on any atom is 0.213 e. The second-order valence-corrected chi connectivity index (χ2v) is 6.54. The number of hydrogen-bond acceptors (Lipinski definition) is 4. The molecule has 4 nitrogen and oxygen atoms in total. The summed E-state index contributed by atoms with van der Waals surface area (Å²) in [5, 5.41) is 14.1. The Morgan fingerprint density at radius 1 is 0.957 bits per heavy atom. The van der Waals surface area contributed by atoms with Crippen molar-refractivity contribution in [2.24, 2.45) is 5.10 Å². The molecule has 0 saturated heterocycles. The molecule has 1 aliphatic rings. The zero-order valence-electron chi connectivity index (χ0n) is 12.3. The number of halogens is 1. The Morgan fingerprint density at radius 2 is 1.70 bits per heavy atom. The molecule has 3 aromatic rings. The summed E-state index contributed by atoms with van der Waals surface area (Å²) in [7, 11) is 0. The third-order valence-corrected chi connectivity index (χ3v) is 4.70. The van der Waals surface area contributed by atoms with E-state index in [1.165, 1.54) is 12.1 Å². The van der Waals surface area contributed by atoms with Gasteiger partial charge >= 0.3 is 0 Å². The Hall–Kier alpha value is -2.47. The lowest BCUT2D eigenvalue weighted by Gasteiger charge is -2.19. The quantitative estimate of drug-likeness (QED) is 0.719. The van der Waals surface area contributed by atoms with Crippen LogP contribution in [0, 0.1) is 5.82 Å². The van der Waals surface area contributed by atoms with Crippen LogP contribution in [0.4, 0.5) is 4.39 Å². The molecular weight excluding hydrogens is 311 g/mol. The van der Waals surface area contributed by atoms with Crippen LogP contribution < -0.4 is 0 Å². The maximum absolute atomic E-state index is 13.2. The van der Waals surface area contributed by atoms with Crippen LogP contribution in [0.25, 0.3) is 11.4 Å². The Labute approximate surface area is 137 Å². The van der Waals surface area contributed by atoms with Crippen molar-refractivity contribution in [3.63, 3.8) is 0 Å². The van der Waals surface area contributed by atoms with E-state index < -0.39 is 0 Å². The number of thioether (sulfide) groups is 1. The van der Waals surface area contributed by atoms with Crippen molar-refractivity contribution in [3.05, 3.63) is 66.0 Å². The van der Waals surface area contributed by atoms with Gasteiger partial charge in [-0.15, -0.1) is 10.2 Å². The van der Waals surface area contributed by atoms with E-state index >= 15 is 0 Å². The van der Waals surface area contributed by atoms with E-state index in [1.807, 2.05) is 30.3 Å². The molecule has 0 amide bonds. The van der Waals surface area contributed by atoms with Gasteiger partial charge < -0.3 is 0 Å². The lowest BCUT2D eigenvalue weighted by atomic mass is 10.1. The molecule has 0 N–H and O–H groups in total. The molecule has 2 aromatic carbocycles. The first-order valence-corrected chi connectivity index (χ1v) is 8.12. The molecule has 1 atom stereocenters. The summed E-state index contributed by atoms with van der Waals surface area (Å²) in [4.78, 5) is 0. The molecule has 1 aliphatic heterocycles. The normalized spacial score (nSPS) is 16.8. The Balaban J connectivity index is 1.83. The molecule has 0 spiro atoms. The minimum atomic E-state index is -0.250. The van der Waals surface area contributed by atoms with Crippen LogP contribution in [0.2, 0.25) is 0 Å². The standard InChI is InChI=1S/C17H13FN4S/c1-11-15(12-7-9-14(18)10-8-12)21-22-16(19-20-17(22)23-11)13-5-3-2-4-6-13/h2-11H,1H3/t11-/m1/s1. The predicted molar refractivity (Wildman–Crippen MR) is 89.1 cm³/mol. The molecule has 1 aromatic heterocycles. The minimum absolute atomic E-state index is 0.126. The van der Waals surface area contributed by atoms with Crippen LogP contribution in [0.15, 0.2) is 64.9 Å². The second-order valence-electron chi connectivity index (χ2n) is 5.24. The highest BCUT2D eigenvalue weighted by Crippen LogP contribution is 2.32. The van der Waals surface area contributed by atoms with Gasteiger partial charge in [0.15, 0.2) is 5.82 Å². The molecule has 2 heterocycles. The molecule has 114 valence electrons. The van der Waals surface area contributed by atoms with Crippen molar-refractivity contribution < 1.29 is 4.39 Å². The molecule has 0 radical (unpaired) electrons. The number of fused-ring (bicyclic) bond motifs is 1. The summed E-state index contributed by atoms with van der Waals surface area (Å²) >= 11 is 1.60. The van der Waals surface area contributed by atoms with E-state index in [0.717, 1.165) is 22.0 Å². The zero-order valence-corrected chi connectivity index (χ0v) is 13.2. The maximum atomic E-state index is 13.2. The van der Waals surface area contributed by atoms with Crippen LogP contribution in [0.5, 0.6) is 0 Å². The topological polar surface area (TPSA) is 43.1 Å². The van der Waals surface area contributed by atoms with Crippen molar-refractivity contribution in [1.82, 2.24) is 14.9 Å². The summed E-state index contributed by atoms with van der Waals surface area (Å²) < 4.78 is 14.9. The van der Waals surface area contributed by atoms with Crippen LogP contribution in [-0.2, 0) is 0 Å². The van der Waals surface area contributed by atoms with Crippen molar-refractivity contribution in [3.8, 4) is 11.4 Å². The summed E-state index contributed by atoms with van der Waals surface area (Å²) in [5.74, 6) is 0.458. The first kappa shape index (κ1) is 14.1. The number of rotatable bonds is 2. The molecular formula is C17H13FN4S. The molecule has 0 saturated carbocycles. The van der Waals surface area contributed by atoms with Gasteiger partial charge in [-0.25, -0.2) is 4.39 Å². The average Bonchev–Trinajstić information content (AvgIpc) is 2.98. The number of aromatic nitrogens is 3. The van der Waals surface area contributed by atoms with Crippen molar-refractivity contribution in [2.75, 3.05) is 0 Å². The number of nitrogens with zero attached hydrogens (tertiary/aromatic N) is 4. The predicted octanol–water partition coefficient (Wildman–Crippen LogP) is 3.83. The molecule has 0 bridgehead atoms. The summed E-state index contributed by atoms with van der Waals surface area (Å²) in [6, 6.07) is 16.2. The van der Waals surface area contributed by atoms with E-state index in [4.69, 9.17) is 5.10 Å². The van der Waals surface area contributed by atoms with Gasteiger partial charge in [0.25, 0.3) is 0 Å². The van der Waals surface area contributed by atoms with Crippen molar-refractivity contribution in [1.29, 1.82) is 0 Å². The largest absolute Gasteiger partial charge is 0.213 e. The SMILES string of the molecule is C[C@H]1Sc2nnc(-c3ccccc3)n2N=C1c1ccc(F)cc1. The number of benzene rings is 2. The zero-order chi connectivity index (χ0) is 15.8. The van der Waals surface area contributed by atoms with Gasteiger partial charge in [-0.05, 0) is 24.6 Å². The van der Waals surface area contributed by atoms with Crippen molar-refractivity contribution >= 4 is 17.5 Å². The third-order valence-electron chi connectivity index (χ3n) is 3.66. The van der Waals surface area contributed by atoms with E-state index in [1.54, 1.807) is 28.6 Å². The van der Waals surface area contributed by atoms with Crippen LogP contribution in [0.1, 0.15) is 12.5 Å². The summed E-state index contributed by atoms with van der Waals surface area (Å²) in [5.41, 5.74) is 2.76. The van der Waals surface area contributed by atoms with Gasteiger partial charge in [0.1, 0.15) is 5.82 Å². The first-order valence-electron chi connectivity index (χ1n) is 7.24. The fraction of sp³-hybridized carbons (Fsp3) is 0.118. The highest BCUT2D eigenvalue weighted by Gasteiger charge is 2.26. The molecule has 6 heteroatoms. The van der Waals surface area contributed by atoms with E-state index in [-0.39, 0.29) is 11.1 Å². The van der Waals surface area contributed by atoms with Crippen molar-refractivity contribution in [2.45, 2.75) is 17.3 Å². The van der Waals surface area contributed by atoms with Gasteiger partial charge in [0, 0.05) is 5.56 Å². The lowest BCUT2D eigenvalue weighted by molar-refractivity contribution is 0.627. The van der Waals surface area contributed by atoms with Gasteiger partial charge in [0.05, 0.1) is 11.0 Å². The van der Waals surface area contributed by atoms with E-state index in [9.17, 15) is 4.39 Å². The van der Waals surface area contributed by atoms with Crippen LogP contribution in [0.3, 0.4) is 0 Å². The minimum Gasteiger partial charge on any atom is -0.207 e. The fourth-order valence-electron chi connectivity index (χ4n) is 2.51. The monoisotopic (exact) mass is 324 g/mol. The average molecular weight is 324 g/mol. The van der Waals surface area contributed by atoms with Gasteiger partial charge in [-0.1, -0.05) is 54.2 Å². The van der Waals surface area contributed by atoms with Crippen LogP contribution >= 0.6 is 11.8 Å².